The molecule has 128 valence electrons. The van der Waals surface area contributed by atoms with Gasteiger partial charge in [-0.15, -0.1) is 0 Å². The number of guanidine groups is 1. The zero-order valence-corrected chi connectivity index (χ0v) is 14.9. The lowest BCUT2D eigenvalue weighted by Crippen LogP contribution is -2.51. The van der Waals surface area contributed by atoms with Crippen LogP contribution in [-0.4, -0.2) is 68.6 Å². The van der Waals surface area contributed by atoms with Crippen LogP contribution in [-0.2, 0) is 0 Å². The number of nitrogens with one attached hydrogen (secondary N) is 2. The first-order chi connectivity index (χ1) is 11.1. The van der Waals surface area contributed by atoms with Crippen molar-refractivity contribution in [3.05, 3.63) is 35.9 Å². The molecule has 1 aromatic rings. The van der Waals surface area contributed by atoms with Crippen molar-refractivity contribution in [1.82, 2.24) is 20.4 Å². The van der Waals surface area contributed by atoms with Gasteiger partial charge in [0, 0.05) is 32.2 Å². The van der Waals surface area contributed by atoms with Crippen LogP contribution in [0, 0.1) is 0 Å². The molecule has 1 aliphatic heterocycles. The lowest BCUT2D eigenvalue weighted by Gasteiger charge is -2.37. The van der Waals surface area contributed by atoms with Crippen LogP contribution < -0.4 is 10.6 Å². The number of piperazine rings is 1. The fraction of sp³-hybridized carbons (Fsp3) is 0.611. The highest BCUT2D eigenvalue weighted by Gasteiger charge is 2.21. The summed E-state index contributed by atoms with van der Waals surface area (Å²) in [6, 6.07) is 11.2. The van der Waals surface area contributed by atoms with E-state index in [0.29, 0.717) is 6.04 Å². The quantitative estimate of drug-likeness (QED) is 0.639. The molecule has 0 saturated carbocycles. The minimum atomic E-state index is 0.237. The number of hydrogen-bond acceptors (Lipinski definition) is 3. The zero-order valence-electron chi connectivity index (χ0n) is 14.9. The van der Waals surface area contributed by atoms with Crippen LogP contribution in [0.3, 0.4) is 0 Å². The Morgan fingerprint density at radius 1 is 1.26 bits per heavy atom. The summed E-state index contributed by atoms with van der Waals surface area (Å²) in [5.41, 5.74) is 1.27. The molecule has 0 radical (unpaired) electrons. The van der Waals surface area contributed by atoms with E-state index in [1.165, 1.54) is 5.56 Å². The Bertz CT molecular complexity index is 487. The van der Waals surface area contributed by atoms with Crippen molar-refractivity contribution in [2.45, 2.75) is 25.9 Å². The Hall–Kier alpha value is -1.59. The number of rotatable bonds is 5. The first-order valence-corrected chi connectivity index (χ1v) is 8.58. The van der Waals surface area contributed by atoms with Crippen LogP contribution in [0.2, 0.25) is 0 Å². The van der Waals surface area contributed by atoms with Gasteiger partial charge < -0.3 is 15.5 Å². The first-order valence-electron chi connectivity index (χ1n) is 8.58. The largest absolute Gasteiger partial charge is 0.357 e. The van der Waals surface area contributed by atoms with Gasteiger partial charge in [-0.25, -0.2) is 0 Å². The number of hydrogen-bond donors (Lipinski definition) is 2. The van der Waals surface area contributed by atoms with Gasteiger partial charge >= 0.3 is 0 Å². The molecule has 2 N–H and O–H groups in total. The van der Waals surface area contributed by atoms with Gasteiger partial charge in [-0.1, -0.05) is 30.3 Å². The molecule has 23 heavy (non-hydrogen) atoms. The van der Waals surface area contributed by atoms with Crippen LogP contribution in [0.1, 0.15) is 25.5 Å². The van der Waals surface area contributed by atoms with Crippen LogP contribution in [0.5, 0.6) is 0 Å². The molecule has 1 fully saturated rings. The van der Waals surface area contributed by atoms with Gasteiger partial charge in [0.2, 0.25) is 0 Å². The highest BCUT2D eigenvalue weighted by molar-refractivity contribution is 5.80. The molecular formula is C18H31N5. The molecule has 0 aromatic heterocycles. The monoisotopic (exact) mass is 317 g/mol. The summed E-state index contributed by atoms with van der Waals surface area (Å²) in [6.45, 7) is 9.29. The Morgan fingerprint density at radius 3 is 2.70 bits per heavy atom. The summed E-state index contributed by atoms with van der Waals surface area (Å²) in [5.74, 6) is 0.894. The Labute approximate surface area is 140 Å². The normalized spacial score (nSPS) is 21.9. The average molecular weight is 317 g/mol. The molecule has 1 aromatic carbocycles. The number of nitrogens with zero attached hydrogens (tertiary/aromatic N) is 3. The summed E-state index contributed by atoms with van der Waals surface area (Å²) in [4.78, 5) is 9.61. The fourth-order valence-corrected chi connectivity index (χ4v) is 2.85. The Kier molecular flexibility index (Phi) is 6.86. The standard InChI is InChI=1S/C18H31N5/c1-5-19-18(21-15(2)16-9-7-6-8-10-16)20-13-17-14-22(3)11-12-23(17)4/h6-10,15,17H,5,11-14H2,1-4H3,(H2,19,20,21). The molecule has 1 saturated heterocycles. The summed E-state index contributed by atoms with van der Waals surface area (Å²) in [6.07, 6.45) is 0. The smallest absolute Gasteiger partial charge is 0.191 e. The van der Waals surface area contributed by atoms with Crippen molar-refractivity contribution in [3.8, 4) is 0 Å². The molecular weight excluding hydrogens is 286 g/mol. The molecule has 1 heterocycles. The van der Waals surface area contributed by atoms with E-state index in [-0.39, 0.29) is 6.04 Å². The van der Waals surface area contributed by atoms with Gasteiger partial charge in [-0.3, -0.25) is 9.89 Å². The molecule has 0 aliphatic carbocycles. The third-order valence-electron chi connectivity index (χ3n) is 4.44. The van der Waals surface area contributed by atoms with Gasteiger partial charge in [0.25, 0.3) is 0 Å². The lowest BCUT2D eigenvalue weighted by atomic mass is 10.1. The topological polar surface area (TPSA) is 42.9 Å². The maximum atomic E-state index is 4.81. The maximum Gasteiger partial charge on any atom is 0.191 e. The summed E-state index contributed by atoms with van der Waals surface area (Å²) < 4.78 is 0. The molecule has 0 bridgehead atoms. The van der Waals surface area contributed by atoms with Crippen LogP contribution in [0.15, 0.2) is 35.3 Å². The Balaban J connectivity index is 1.96. The lowest BCUT2D eigenvalue weighted by molar-refractivity contribution is 0.119. The minimum absolute atomic E-state index is 0.237. The summed E-state index contributed by atoms with van der Waals surface area (Å²) >= 11 is 0. The molecule has 0 amide bonds. The molecule has 2 atom stereocenters. The first kappa shape index (κ1) is 17.8. The van der Waals surface area contributed by atoms with Crippen LogP contribution in [0.4, 0.5) is 0 Å². The van der Waals surface area contributed by atoms with E-state index >= 15 is 0 Å². The van der Waals surface area contributed by atoms with Crippen LogP contribution in [0.25, 0.3) is 0 Å². The summed E-state index contributed by atoms with van der Waals surface area (Å²) in [7, 11) is 4.38. The number of aliphatic imine (C=N–C) groups is 1. The van der Waals surface area contributed by atoms with Crippen molar-refractivity contribution >= 4 is 5.96 Å². The van der Waals surface area contributed by atoms with Gasteiger partial charge in [0.05, 0.1) is 12.6 Å². The van der Waals surface area contributed by atoms with Gasteiger partial charge in [-0.05, 0) is 33.5 Å². The van der Waals surface area contributed by atoms with E-state index in [1.807, 2.05) is 6.07 Å². The van der Waals surface area contributed by atoms with E-state index in [1.54, 1.807) is 0 Å². The molecule has 1 aliphatic rings. The number of benzene rings is 1. The van der Waals surface area contributed by atoms with Gasteiger partial charge in [0.1, 0.15) is 0 Å². The molecule has 0 spiro atoms. The summed E-state index contributed by atoms with van der Waals surface area (Å²) in [5, 5.41) is 6.86. The fourth-order valence-electron chi connectivity index (χ4n) is 2.85. The van der Waals surface area contributed by atoms with Gasteiger partial charge in [0.15, 0.2) is 5.96 Å². The highest BCUT2D eigenvalue weighted by Crippen LogP contribution is 2.11. The van der Waals surface area contributed by atoms with Crippen molar-refractivity contribution < 1.29 is 0 Å². The van der Waals surface area contributed by atoms with E-state index < -0.39 is 0 Å². The van der Waals surface area contributed by atoms with Gasteiger partial charge in [-0.2, -0.15) is 0 Å². The van der Waals surface area contributed by atoms with Crippen LogP contribution >= 0.6 is 0 Å². The van der Waals surface area contributed by atoms with Crippen molar-refractivity contribution in [1.29, 1.82) is 0 Å². The average Bonchev–Trinajstić information content (AvgIpc) is 2.56. The second-order valence-corrected chi connectivity index (χ2v) is 6.39. The van der Waals surface area contributed by atoms with Crippen molar-refractivity contribution in [2.24, 2.45) is 4.99 Å². The second-order valence-electron chi connectivity index (χ2n) is 6.39. The SMILES string of the molecule is CCNC(=NCC1CN(C)CCN1C)NC(C)c1ccccc1. The maximum absolute atomic E-state index is 4.81. The van der Waals surface area contributed by atoms with E-state index in [2.05, 4.69) is 72.6 Å². The molecule has 5 nitrogen and oxygen atoms in total. The van der Waals surface area contributed by atoms with E-state index in [0.717, 1.165) is 38.7 Å². The predicted molar refractivity (Wildman–Crippen MR) is 97.9 cm³/mol. The van der Waals surface area contributed by atoms with E-state index in [4.69, 9.17) is 4.99 Å². The molecule has 5 heteroatoms. The van der Waals surface area contributed by atoms with Crippen molar-refractivity contribution in [2.75, 3.05) is 46.8 Å². The van der Waals surface area contributed by atoms with Crippen molar-refractivity contribution in [3.63, 3.8) is 0 Å². The molecule has 2 rings (SSSR count). The highest BCUT2D eigenvalue weighted by atomic mass is 15.3. The third-order valence-corrected chi connectivity index (χ3v) is 4.44. The third kappa shape index (κ3) is 5.52. The molecule has 2 unspecified atom stereocenters. The number of likely N-dealkylation sites (N-methyl/N-ethyl adjacent to an activating group) is 2. The second kappa shape index (κ2) is 8.89. The minimum Gasteiger partial charge on any atom is -0.357 e. The Morgan fingerprint density at radius 2 is 2.00 bits per heavy atom. The van der Waals surface area contributed by atoms with E-state index in [9.17, 15) is 0 Å². The zero-order chi connectivity index (χ0) is 16.7. The predicted octanol–water partition coefficient (Wildman–Crippen LogP) is 1.55.